The van der Waals surface area contributed by atoms with E-state index >= 15 is 0 Å². The summed E-state index contributed by atoms with van der Waals surface area (Å²) in [6.07, 6.45) is 0. The van der Waals surface area contributed by atoms with Crippen LogP contribution >= 0.6 is 12.4 Å². The van der Waals surface area contributed by atoms with Gasteiger partial charge in [0.1, 0.15) is 0 Å². The molecule has 0 atom stereocenters. The predicted molar refractivity (Wildman–Crippen MR) is 78.9 cm³/mol. The normalized spacial score (nSPS) is 10.8. The lowest BCUT2D eigenvalue weighted by Gasteiger charge is -2.11. The number of esters is 1. The van der Waals surface area contributed by atoms with E-state index in [0.717, 1.165) is 0 Å². The molecule has 0 spiro atoms. The Morgan fingerprint density at radius 2 is 1.95 bits per heavy atom. The maximum absolute atomic E-state index is 12.1. The van der Waals surface area contributed by atoms with Crippen LogP contribution in [0.3, 0.4) is 0 Å². The Morgan fingerprint density at radius 1 is 1.30 bits per heavy atom. The maximum Gasteiger partial charge on any atom is 0.338 e. The van der Waals surface area contributed by atoms with Gasteiger partial charge in [-0.2, -0.15) is 0 Å². The van der Waals surface area contributed by atoms with Crippen molar-refractivity contribution in [1.29, 1.82) is 0 Å². The van der Waals surface area contributed by atoms with Gasteiger partial charge in [0.05, 0.1) is 17.6 Å². The average Bonchev–Trinajstić information content (AvgIpc) is 2.38. The highest BCUT2D eigenvalue weighted by atomic mass is 35.5. The minimum Gasteiger partial charge on any atom is -0.465 e. The molecule has 0 radical (unpaired) electrons. The average molecular weight is 323 g/mol. The van der Waals surface area contributed by atoms with E-state index in [9.17, 15) is 13.2 Å². The predicted octanol–water partition coefficient (Wildman–Crippen LogP) is 0.701. The van der Waals surface area contributed by atoms with Crippen molar-refractivity contribution >= 4 is 28.4 Å². The number of likely N-dealkylation sites (N-methyl/N-ethyl adjacent to an activating group) is 1. The second-order valence-electron chi connectivity index (χ2n) is 3.92. The Hall–Kier alpha value is -1.15. The molecule has 0 aromatic heterocycles. The molecule has 0 amide bonds. The molecule has 0 aliphatic rings. The SMILES string of the molecule is CNCCNS(=O)(=O)c1cccc(C(=O)OC)c1C.Cl. The number of sulfonamides is 1. The van der Waals surface area contributed by atoms with Crippen LogP contribution in [0, 0.1) is 6.92 Å². The minimum atomic E-state index is -3.63. The number of hydrogen-bond donors (Lipinski definition) is 2. The van der Waals surface area contributed by atoms with Crippen molar-refractivity contribution < 1.29 is 17.9 Å². The fourth-order valence-corrected chi connectivity index (χ4v) is 2.92. The number of ether oxygens (including phenoxy) is 1. The third-order valence-electron chi connectivity index (χ3n) is 2.65. The van der Waals surface area contributed by atoms with Gasteiger partial charge < -0.3 is 10.1 Å². The van der Waals surface area contributed by atoms with Crippen LogP contribution in [0.5, 0.6) is 0 Å². The van der Waals surface area contributed by atoms with E-state index in [1.165, 1.54) is 25.3 Å². The minimum absolute atomic E-state index is 0. The Morgan fingerprint density at radius 3 is 2.50 bits per heavy atom. The zero-order chi connectivity index (χ0) is 14.5. The van der Waals surface area contributed by atoms with Gasteiger partial charge in [0.2, 0.25) is 10.0 Å². The molecule has 6 nitrogen and oxygen atoms in total. The first kappa shape index (κ1) is 18.9. The van der Waals surface area contributed by atoms with Crippen molar-refractivity contribution in [2.24, 2.45) is 0 Å². The molecule has 0 bridgehead atoms. The summed E-state index contributed by atoms with van der Waals surface area (Å²) in [7, 11) is -0.634. The van der Waals surface area contributed by atoms with Gasteiger partial charge in [-0.3, -0.25) is 0 Å². The molecule has 20 heavy (non-hydrogen) atoms. The van der Waals surface area contributed by atoms with Crippen LogP contribution in [-0.4, -0.2) is 41.6 Å². The highest BCUT2D eigenvalue weighted by Crippen LogP contribution is 2.19. The number of rotatable bonds is 6. The molecule has 0 aliphatic carbocycles. The number of carbonyl (C=O) groups is 1. The lowest BCUT2D eigenvalue weighted by molar-refractivity contribution is 0.0599. The van der Waals surface area contributed by atoms with Gasteiger partial charge in [0.15, 0.2) is 0 Å². The summed E-state index contributed by atoms with van der Waals surface area (Å²) in [6, 6.07) is 4.52. The molecule has 1 aromatic carbocycles. The molecule has 0 saturated carbocycles. The molecule has 0 unspecified atom stereocenters. The van der Waals surface area contributed by atoms with E-state index in [2.05, 4.69) is 14.8 Å². The van der Waals surface area contributed by atoms with Crippen molar-refractivity contribution in [3.05, 3.63) is 29.3 Å². The van der Waals surface area contributed by atoms with Gasteiger partial charge in [0.25, 0.3) is 0 Å². The van der Waals surface area contributed by atoms with Crippen molar-refractivity contribution in [3.63, 3.8) is 0 Å². The zero-order valence-electron chi connectivity index (χ0n) is 11.6. The summed E-state index contributed by atoms with van der Waals surface area (Å²) in [5.41, 5.74) is 0.630. The van der Waals surface area contributed by atoms with Gasteiger partial charge in [-0.25, -0.2) is 17.9 Å². The van der Waals surface area contributed by atoms with Crippen molar-refractivity contribution in [1.82, 2.24) is 10.0 Å². The number of methoxy groups -OCH3 is 1. The second-order valence-corrected chi connectivity index (χ2v) is 5.66. The van der Waals surface area contributed by atoms with Crippen LogP contribution in [0.2, 0.25) is 0 Å². The van der Waals surface area contributed by atoms with E-state index in [4.69, 9.17) is 0 Å². The lowest BCUT2D eigenvalue weighted by Crippen LogP contribution is -2.31. The molecule has 0 heterocycles. The Kier molecular flexibility index (Phi) is 7.74. The van der Waals surface area contributed by atoms with E-state index in [1.54, 1.807) is 14.0 Å². The van der Waals surface area contributed by atoms with Gasteiger partial charge in [-0.1, -0.05) is 6.07 Å². The van der Waals surface area contributed by atoms with Crippen molar-refractivity contribution in [2.45, 2.75) is 11.8 Å². The number of halogens is 1. The van der Waals surface area contributed by atoms with Gasteiger partial charge in [0, 0.05) is 13.1 Å². The lowest BCUT2D eigenvalue weighted by atomic mass is 10.1. The monoisotopic (exact) mass is 322 g/mol. The summed E-state index contributed by atoms with van der Waals surface area (Å²) in [5, 5.41) is 2.84. The quantitative estimate of drug-likeness (QED) is 0.595. The Labute approximate surface area is 125 Å². The van der Waals surface area contributed by atoms with Gasteiger partial charge >= 0.3 is 5.97 Å². The fraction of sp³-hybridized carbons (Fsp3) is 0.417. The van der Waals surface area contributed by atoms with E-state index < -0.39 is 16.0 Å². The summed E-state index contributed by atoms with van der Waals surface area (Å²) in [6.45, 7) is 2.38. The molecule has 1 aromatic rings. The number of carbonyl (C=O) groups excluding carboxylic acids is 1. The molecular formula is C12H19ClN2O4S. The third kappa shape index (κ3) is 4.45. The standard InChI is InChI=1S/C12H18N2O4S.ClH/c1-9-10(12(15)18-3)5-4-6-11(9)19(16,17)14-8-7-13-2;/h4-6,13-14H,7-8H2,1-3H3;1H. The maximum atomic E-state index is 12.1. The summed E-state index contributed by atoms with van der Waals surface area (Å²) >= 11 is 0. The molecule has 0 saturated heterocycles. The first-order valence-corrected chi connectivity index (χ1v) is 7.24. The number of nitrogens with one attached hydrogen (secondary N) is 2. The van der Waals surface area contributed by atoms with Crippen LogP contribution in [0.4, 0.5) is 0 Å². The Balaban J connectivity index is 0.00000361. The van der Waals surface area contributed by atoms with Crippen molar-refractivity contribution in [2.75, 3.05) is 27.2 Å². The summed E-state index contributed by atoms with van der Waals surface area (Å²) < 4.78 is 31.3. The molecule has 1 rings (SSSR count). The third-order valence-corrected chi connectivity index (χ3v) is 4.25. The van der Waals surface area contributed by atoms with Crippen LogP contribution in [-0.2, 0) is 14.8 Å². The van der Waals surface area contributed by atoms with Crippen LogP contribution < -0.4 is 10.0 Å². The highest BCUT2D eigenvalue weighted by Gasteiger charge is 2.20. The molecular weight excluding hydrogens is 304 g/mol. The molecule has 0 aliphatic heterocycles. The molecule has 2 N–H and O–H groups in total. The second kappa shape index (κ2) is 8.21. The first-order valence-electron chi connectivity index (χ1n) is 5.76. The molecule has 8 heteroatoms. The first-order chi connectivity index (χ1) is 8.94. The van der Waals surface area contributed by atoms with Crippen LogP contribution in [0.1, 0.15) is 15.9 Å². The topological polar surface area (TPSA) is 84.5 Å². The van der Waals surface area contributed by atoms with Gasteiger partial charge in [-0.05, 0) is 31.7 Å². The summed E-state index contributed by atoms with van der Waals surface area (Å²) in [5.74, 6) is -0.551. The van der Waals surface area contributed by atoms with E-state index in [-0.39, 0.29) is 29.4 Å². The highest BCUT2D eigenvalue weighted by molar-refractivity contribution is 7.89. The molecule has 0 fully saturated rings. The van der Waals surface area contributed by atoms with Gasteiger partial charge in [-0.15, -0.1) is 12.4 Å². The zero-order valence-corrected chi connectivity index (χ0v) is 13.2. The fourth-order valence-electron chi connectivity index (χ4n) is 1.62. The summed E-state index contributed by atoms with van der Waals surface area (Å²) in [4.78, 5) is 11.6. The van der Waals surface area contributed by atoms with Crippen LogP contribution in [0.25, 0.3) is 0 Å². The molecule has 114 valence electrons. The van der Waals surface area contributed by atoms with E-state index in [1.807, 2.05) is 0 Å². The van der Waals surface area contributed by atoms with Crippen molar-refractivity contribution in [3.8, 4) is 0 Å². The number of benzene rings is 1. The van der Waals surface area contributed by atoms with E-state index in [0.29, 0.717) is 12.1 Å². The van der Waals surface area contributed by atoms with Crippen LogP contribution in [0.15, 0.2) is 23.1 Å². The largest absolute Gasteiger partial charge is 0.465 e. The smallest absolute Gasteiger partial charge is 0.338 e. The Bertz CT molecular complexity index is 561. The number of hydrogen-bond acceptors (Lipinski definition) is 5.